The van der Waals surface area contributed by atoms with Crippen LogP contribution in [0.15, 0.2) is 18.3 Å². The second-order valence-electron chi connectivity index (χ2n) is 4.31. The van der Waals surface area contributed by atoms with E-state index in [1.165, 1.54) is 18.5 Å². The maximum atomic E-state index is 5.54. The number of rotatable bonds is 7. The third-order valence-corrected chi connectivity index (χ3v) is 2.83. The van der Waals surface area contributed by atoms with E-state index in [0.717, 1.165) is 32.2 Å². The van der Waals surface area contributed by atoms with Crippen molar-refractivity contribution in [2.24, 2.45) is 13.0 Å². The van der Waals surface area contributed by atoms with Crippen LogP contribution in [-0.2, 0) is 18.3 Å². The van der Waals surface area contributed by atoms with E-state index in [2.05, 4.69) is 35.3 Å². The second-order valence-corrected chi connectivity index (χ2v) is 4.31. The summed E-state index contributed by atoms with van der Waals surface area (Å²) in [6.07, 6.45) is 4.81. The fraction of sp³-hybridized carbons (Fsp3) is 0.667. The number of nitrogens with one attached hydrogen (secondary N) is 1. The molecule has 0 radical (unpaired) electrons. The third-order valence-electron chi connectivity index (χ3n) is 2.83. The maximum Gasteiger partial charge on any atom is 0.0591 e. The van der Waals surface area contributed by atoms with Crippen molar-refractivity contribution in [3.8, 4) is 0 Å². The molecule has 1 aliphatic carbocycles. The highest BCUT2D eigenvalue weighted by molar-refractivity contribution is 5.05. The van der Waals surface area contributed by atoms with Gasteiger partial charge in [-0.3, -0.25) is 0 Å². The summed E-state index contributed by atoms with van der Waals surface area (Å²) < 4.78 is 7.67. The molecule has 0 unspecified atom stereocenters. The zero-order chi connectivity index (χ0) is 10.5. The van der Waals surface area contributed by atoms with Crippen LogP contribution in [0.1, 0.15) is 18.5 Å². The SMILES string of the molecule is Cn1cccc1CNCCOCC1CC1. The first-order valence-electron chi connectivity index (χ1n) is 5.75. The highest BCUT2D eigenvalue weighted by Crippen LogP contribution is 2.28. The minimum absolute atomic E-state index is 0.834. The molecule has 0 spiro atoms. The fourth-order valence-electron chi connectivity index (χ4n) is 1.58. The molecule has 0 saturated heterocycles. The van der Waals surface area contributed by atoms with Gasteiger partial charge in [-0.05, 0) is 30.9 Å². The van der Waals surface area contributed by atoms with Crippen LogP contribution in [0.4, 0.5) is 0 Å². The summed E-state index contributed by atoms with van der Waals surface area (Å²) in [4.78, 5) is 0. The van der Waals surface area contributed by atoms with Gasteiger partial charge >= 0.3 is 0 Å². The Morgan fingerprint density at radius 1 is 1.53 bits per heavy atom. The van der Waals surface area contributed by atoms with Gasteiger partial charge in [0.1, 0.15) is 0 Å². The predicted molar refractivity (Wildman–Crippen MR) is 60.7 cm³/mol. The van der Waals surface area contributed by atoms with Gasteiger partial charge in [0.05, 0.1) is 6.61 Å². The summed E-state index contributed by atoms with van der Waals surface area (Å²) in [5, 5.41) is 3.38. The molecule has 3 heteroatoms. The molecule has 1 fully saturated rings. The van der Waals surface area contributed by atoms with Crippen LogP contribution in [0.5, 0.6) is 0 Å². The largest absolute Gasteiger partial charge is 0.380 e. The lowest BCUT2D eigenvalue weighted by molar-refractivity contribution is 0.126. The molecule has 1 aliphatic rings. The van der Waals surface area contributed by atoms with Gasteiger partial charge in [-0.1, -0.05) is 0 Å². The number of hydrogen-bond donors (Lipinski definition) is 1. The predicted octanol–water partition coefficient (Wildman–Crippen LogP) is 1.54. The van der Waals surface area contributed by atoms with Crippen molar-refractivity contribution in [3.05, 3.63) is 24.0 Å². The number of aryl methyl sites for hydroxylation is 1. The van der Waals surface area contributed by atoms with Gasteiger partial charge in [-0.15, -0.1) is 0 Å². The smallest absolute Gasteiger partial charge is 0.0591 e. The zero-order valence-corrected chi connectivity index (χ0v) is 9.41. The Bertz CT molecular complexity index is 292. The van der Waals surface area contributed by atoms with Crippen LogP contribution >= 0.6 is 0 Å². The van der Waals surface area contributed by atoms with Crippen LogP contribution in [-0.4, -0.2) is 24.3 Å². The number of ether oxygens (including phenoxy) is 1. The van der Waals surface area contributed by atoms with Crippen LogP contribution in [0, 0.1) is 5.92 Å². The van der Waals surface area contributed by atoms with Crippen molar-refractivity contribution < 1.29 is 4.74 Å². The first kappa shape index (κ1) is 10.7. The van der Waals surface area contributed by atoms with E-state index < -0.39 is 0 Å². The number of nitrogens with zero attached hydrogens (tertiary/aromatic N) is 1. The number of aromatic nitrogens is 1. The molecular weight excluding hydrogens is 188 g/mol. The average molecular weight is 208 g/mol. The van der Waals surface area contributed by atoms with Gasteiger partial charge in [-0.2, -0.15) is 0 Å². The van der Waals surface area contributed by atoms with Gasteiger partial charge in [0.25, 0.3) is 0 Å². The summed E-state index contributed by atoms with van der Waals surface area (Å²) in [5.74, 6) is 0.873. The highest BCUT2D eigenvalue weighted by Gasteiger charge is 2.20. The average Bonchev–Trinajstić information content (AvgIpc) is 2.96. The molecule has 0 aromatic carbocycles. The second kappa shape index (κ2) is 5.33. The Kier molecular flexibility index (Phi) is 3.80. The van der Waals surface area contributed by atoms with Crippen molar-refractivity contribution in [2.45, 2.75) is 19.4 Å². The van der Waals surface area contributed by atoms with Gasteiger partial charge in [0.15, 0.2) is 0 Å². The quantitative estimate of drug-likeness (QED) is 0.688. The monoisotopic (exact) mass is 208 g/mol. The fourth-order valence-corrected chi connectivity index (χ4v) is 1.58. The normalized spacial score (nSPS) is 15.8. The topological polar surface area (TPSA) is 26.2 Å². The molecule has 2 rings (SSSR count). The first-order valence-corrected chi connectivity index (χ1v) is 5.75. The molecular formula is C12H20N2O. The summed E-state index contributed by atoms with van der Waals surface area (Å²) >= 11 is 0. The Morgan fingerprint density at radius 2 is 2.40 bits per heavy atom. The summed E-state index contributed by atoms with van der Waals surface area (Å²) in [7, 11) is 2.07. The molecule has 1 saturated carbocycles. The van der Waals surface area contributed by atoms with Gasteiger partial charge < -0.3 is 14.6 Å². The van der Waals surface area contributed by atoms with E-state index in [9.17, 15) is 0 Å². The zero-order valence-electron chi connectivity index (χ0n) is 9.41. The highest BCUT2D eigenvalue weighted by atomic mass is 16.5. The maximum absolute atomic E-state index is 5.54. The van der Waals surface area contributed by atoms with Crippen LogP contribution in [0.3, 0.4) is 0 Å². The molecule has 1 N–H and O–H groups in total. The molecule has 84 valence electrons. The van der Waals surface area contributed by atoms with E-state index >= 15 is 0 Å². The Morgan fingerprint density at radius 3 is 3.07 bits per heavy atom. The van der Waals surface area contributed by atoms with Gasteiger partial charge in [0, 0.05) is 38.6 Å². The lowest BCUT2D eigenvalue weighted by atomic mass is 10.4. The molecule has 0 aliphatic heterocycles. The van der Waals surface area contributed by atoms with Crippen LogP contribution in [0.2, 0.25) is 0 Å². The van der Waals surface area contributed by atoms with E-state index in [-0.39, 0.29) is 0 Å². The van der Waals surface area contributed by atoms with Crippen molar-refractivity contribution in [3.63, 3.8) is 0 Å². The third kappa shape index (κ3) is 3.68. The molecule has 1 aromatic rings. The first-order chi connectivity index (χ1) is 7.36. The van der Waals surface area contributed by atoms with Gasteiger partial charge in [-0.25, -0.2) is 0 Å². The summed E-state index contributed by atoms with van der Waals surface area (Å²) in [6, 6.07) is 4.21. The van der Waals surface area contributed by atoms with Crippen LogP contribution in [0.25, 0.3) is 0 Å². The molecule has 0 amide bonds. The van der Waals surface area contributed by atoms with E-state index in [1.54, 1.807) is 0 Å². The van der Waals surface area contributed by atoms with Crippen molar-refractivity contribution >= 4 is 0 Å². The van der Waals surface area contributed by atoms with Crippen molar-refractivity contribution in [2.75, 3.05) is 19.8 Å². The Labute approximate surface area is 91.4 Å². The van der Waals surface area contributed by atoms with Crippen molar-refractivity contribution in [1.82, 2.24) is 9.88 Å². The Balaban J connectivity index is 1.49. The van der Waals surface area contributed by atoms with Crippen molar-refractivity contribution in [1.29, 1.82) is 0 Å². The molecule has 3 nitrogen and oxygen atoms in total. The minimum Gasteiger partial charge on any atom is -0.380 e. The minimum atomic E-state index is 0.834. The molecule has 0 atom stereocenters. The lowest BCUT2D eigenvalue weighted by Crippen LogP contribution is -2.20. The van der Waals surface area contributed by atoms with E-state index in [4.69, 9.17) is 4.74 Å². The Hall–Kier alpha value is -0.800. The van der Waals surface area contributed by atoms with E-state index in [0.29, 0.717) is 0 Å². The van der Waals surface area contributed by atoms with Gasteiger partial charge in [0.2, 0.25) is 0 Å². The molecule has 1 heterocycles. The lowest BCUT2D eigenvalue weighted by Gasteiger charge is -2.06. The number of hydrogen-bond acceptors (Lipinski definition) is 2. The molecule has 0 bridgehead atoms. The summed E-state index contributed by atoms with van der Waals surface area (Å²) in [6.45, 7) is 3.67. The molecule has 1 aromatic heterocycles. The van der Waals surface area contributed by atoms with E-state index in [1.807, 2.05) is 0 Å². The molecule has 15 heavy (non-hydrogen) atoms. The van der Waals surface area contributed by atoms with Crippen LogP contribution < -0.4 is 5.32 Å². The standard InChI is InChI=1S/C12H20N2O/c1-14-7-2-3-12(14)9-13-6-8-15-10-11-4-5-11/h2-3,7,11,13H,4-6,8-10H2,1H3. The summed E-state index contributed by atoms with van der Waals surface area (Å²) in [5.41, 5.74) is 1.32.